The van der Waals surface area contributed by atoms with Crippen molar-refractivity contribution in [1.82, 2.24) is 19.9 Å². The van der Waals surface area contributed by atoms with Crippen LogP contribution in [-0.2, 0) is 12.8 Å². The highest BCUT2D eigenvalue weighted by molar-refractivity contribution is 5.85. The molecule has 2 aromatic heterocycles. The Morgan fingerprint density at radius 3 is 2.77 bits per heavy atom. The lowest BCUT2D eigenvalue weighted by Crippen LogP contribution is -2.44. The lowest BCUT2D eigenvalue weighted by Gasteiger charge is -2.29. The first-order valence-corrected chi connectivity index (χ1v) is 7.63. The van der Waals surface area contributed by atoms with Gasteiger partial charge in [-0.2, -0.15) is 5.10 Å². The van der Waals surface area contributed by atoms with Crippen molar-refractivity contribution < 1.29 is 0 Å². The fourth-order valence-electron chi connectivity index (χ4n) is 3.45. The van der Waals surface area contributed by atoms with Gasteiger partial charge in [-0.3, -0.25) is 0 Å². The summed E-state index contributed by atoms with van der Waals surface area (Å²) >= 11 is 0. The number of nitrogens with zero attached hydrogens (tertiary/aromatic N) is 4. The SMILES string of the molecule is CC1CCc2nn3ccnc(N4CCNCC4)c3c2C1.Cl.Cl. The maximum Gasteiger partial charge on any atom is 0.155 e. The Labute approximate surface area is 143 Å². The van der Waals surface area contributed by atoms with E-state index in [4.69, 9.17) is 5.10 Å². The van der Waals surface area contributed by atoms with Crippen molar-refractivity contribution in [2.45, 2.75) is 26.2 Å². The zero-order valence-electron chi connectivity index (χ0n) is 12.8. The van der Waals surface area contributed by atoms with Gasteiger partial charge >= 0.3 is 0 Å². The van der Waals surface area contributed by atoms with Crippen LogP contribution in [0.15, 0.2) is 12.4 Å². The van der Waals surface area contributed by atoms with Gasteiger partial charge in [-0.15, -0.1) is 24.8 Å². The lowest BCUT2D eigenvalue weighted by molar-refractivity contribution is 0.498. The number of piperazine rings is 1. The second-order valence-electron chi connectivity index (χ2n) is 6.05. The molecule has 0 aromatic carbocycles. The summed E-state index contributed by atoms with van der Waals surface area (Å²) in [5.74, 6) is 1.88. The highest BCUT2D eigenvalue weighted by atomic mass is 35.5. The predicted octanol–water partition coefficient (Wildman–Crippen LogP) is 2.11. The third-order valence-electron chi connectivity index (χ3n) is 4.55. The standard InChI is InChI=1S/C15H21N5.2ClH/c1-11-2-3-13-12(10-11)14-15(17-6-9-20(14)18-13)19-7-4-16-5-8-19;;/h6,9,11,16H,2-5,7-8,10H2,1H3;2*1H. The maximum absolute atomic E-state index is 4.78. The minimum absolute atomic E-state index is 0. The van der Waals surface area contributed by atoms with Gasteiger partial charge in [0.15, 0.2) is 5.82 Å². The first-order valence-electron chi connectivity index (χ1n) is 7.63. The van der Waals surface area contributed by atoms with Crippen LogP contribution in [0.5, 0.6) is 0 Å². The Morgan fingerprint density at radius 1 is 1.23 bits per heavy atom. The first-order chi connectivity index (χ1) is 9.83. The Balaban J connectivity index is 0.000000882. The number of nitrogens with one attached hydrogen (secondary N) is 1. The summed E-state index contributed by atoms with van der Waals surface area (Å²) in [6.07, 6.45) is 7.38. The smallest absolute Gasteiger partial charge is 0.155 e. The van der Waals surface area contributed by atoms with Crippen molar-refractivity contribution in [3.05, 3.63) is 23.7 Å². The predicted molar refractivity (Wildman–Crippen MR) is 93.8 cm³/mol. The molecule has 1 aliphatic heterocycles. The molecule has 0 spiro atoms. The van der Waals surface area contributed by atoms with Crippen molar-refractivity contribution in [3.8, 4) is 0 Å². The quantitative estimate of drug-likeness (QED) is 0.861. The molecule has 3 heterocycles. The molecule has 122 valence electrons. The maximum atomic E-state index is 4.78. The lowest BCUT2D eigenvalue weighted by atomic mass is 9.88. The zero-order chi connectivity index (χ0) is 13.5. The van der Waals surface area contributed by atoms with Gasteiger partial charge in [-0.25, -0.2) is 9.50 Å². The van der Waals surface area contributed by atoms with Gasteiger partial charge in [-0.05, 0) is 25.2 Å². The third-order valence-corrected chi connectivity index (χ3v) is 4.55. The number of rotatable bonds is 1. The van der Waals surface area contributed by atoms with E-state index in [1.807, 2.05) is 16.9 Å². The van der Waals surface area contributed by atoms with Crippen LogP contribution < -0.4 is 10.2 Å². The number of hydrogen-bond donors (Lipinski definition) is 1. The molecule has 1 fully saturated rings. The molecule has 0 saturated carbocycles. The molecule has 2 aliphatic rings. The van der Waals surface area contributed by atoms with Crippen LogP contribution in [0.4, 0.5) is 5.82 Å². The van der Waals surface area contributed by atoms with Gasteiger partial charge in [0.1, 0.15) is 5.52 Å². The van der Waals surface area contributed by atoms with Gasteiger partial charge in [0.05, 0.1) is 5.69 Å². The van der Waals surface area contributed by atoms with Gasteiger partial charge in [0.2, 0.25) is 0 Å². The number of aryl methyl sites for hydroxylation is 1. The van der Waals surface area contributed by atoms with Crippen molar-refractivity contribution in [3.63, 3.8) is 0 Å². The van der Waals surface area contributed by atoms with Crippen molar-refractivity contribution in [2.24, 2.45) is 5.92 Å². The van der Waals surface area contributed by atoms with E-state index in [1.54, 1.807) is 0 Å². The normalized spacial score (nSPS) is 21.0. The highest BCUT2D eigenvalue weighted by Crippen LogP contribution is 2.32. The minimum atomic E-state index is 0. The van der Waals surface area contributed by atoms with Crippen molar-refractivity contribution in [1.29, 1.82) is 0 Å². The Hall–Kier alpha value is -1.04. The number of hydrogen-bond acceptors (Lipinski definition) is 4. The molecule has 1 saturated heterocycles. The molecule has 2 aromatic rings. The number of halogens is 2. The van der Waals surface area contributed by atoms with Crippen LogP contribution in [0.1, 0.15) is 24.6 Å². The Kier molecular flexibility index (Phi) is 5.53. The van der Waals surface area contributed by atoms with E-state index in [-0.39, 0.29) is 24.8 Å². The summed E-state index contributed by atoms with van der Waals surface area (Å²) in [4.78, 5) is 7.07. The van der Waals surface area contributed by atoms with E-state index in [9.17, 15) is 0 Å². The van der Waals surface area contributed by atoms with Crippen LogP contribution in [0.2, 0.25) is 0 Å². The van der Waals surface area contributed by atoms with Crippen LogP contribution >= 0.6 is 24.8 Å². The molecular formula is C15H23Cl2N5. The topological polar surface area (TPSA) is 45.5 Å². The van der Waals surface area contributed by atoms with E-state index < -0.39 is 0 Å². The molecule has 0 radical (unpaired) electrons. The first kappa shape index (κ1) is 17.3. The van der Waals surface area contributed by atoms with Gasteiger partial charge in [0, 0.05) is 44.1 Å². The van der Waals surface area contributed by atoms with E-state index in [2.05, 4.69) is 22.1 Å². The average molecular weight is 344 g/mol. The number of anilines is 1. The summed E-state index contributed by atoms with van der Waals surface area (Å²) in [7, 11) is 0. The molecule has 5 nitrogen and oxygen atoms in total. The molecule has 1 atom stereocenters. The van der Waals surface area contributed by atoms with Crippen molar-refractivity contribution >= 4 is 36.1 Å². The summed E-state index contributed by atoms with van der Waals surface area (Å²) in [5, 5.41) is 8.18. The zero-order valence-corrected chi connectivity index (χ0v) is 14.4. The molecule has 4 rings (SSSR count). The summed E-state index contributed by atoms with van der Waals surface area (Å²) in [6.45, 7) is 6.47. The Morgan fingerprint density at radius 2 is 2.00 bits per heavy atom. The van der Waals surface area contributed by atoms with Crippen molar-refractivity contribution in [2.75, 3.05) is 31.1 Å². The summed E-state index contributed by atoms with van der Waals surface area (Å²) < 4.78 is 2.05. The van der Waals surface area contributed by atoms with Gasteiger partial charge < -0.3 is 10.2 Å². The summed E-state index contributed by atoms with van der Waals surface area (Å²) in [6, 6.07) is 0. The third kappa shape index (κ3) is 2.90. The fraction of sp³-hybridized carbons (Fsp3) is 0.600. The molecule has 22 heavy (non-hydrogen) atoms. The second kappa shape index (κ2) is 7.02. The molecule has 1 N–H and O–H groups in total. The molecule has 0 bridgehead atoms. The average Bonchev–Trinajstić information content (AvgIpc) is 2.86. The van der Waals surface area contributed by atoms with Gasteiger partial charge in [-0.1, -0.05) is 6.92 Å². The molecular weight excluding hydrogens is 321 g/mol. The molecule has 1 unspecified atom stereocenters. The minimum Gasteiger partial charge on any atom is -0.352 e. The van der Waals surface area contributed by atoms with E-state index in [1.165, 1.54) is 23.2 Å². The van der Waals surface area contributed by atoms with E-state index in [0.717, 1.165) is 50.8 Å². The van der Waals surface area contributed by atoms with Crippen LogP contribution in [0, 0.1) is 5.92 Å². The van der Waals surface area contributed by atoms with Gasteiger partial charge in [0.25, 0.3) is 0 Å². The van der Waals surface area contributed by atoms with Crippen LogP contribution in [0.3, 0.4) is 0 Å². The Bertz CT molecular complexity index is 636. The van der Waals surface area contributed by atoms with Crippen LogP contribution in [-0.4, -0.2) is 40.8 Å². The number of aromatic nitrogens is 3. The van der Waals surface area contributed by atoms with Crippen LogP contribution in [0.25, 0.3) is 5.52 Å². The molecule has 7 heteroatoms. The molecule has 1 aliphatic carbocycles. The molecule has 0 amide bonds. The summed E-state index contributed by atoms with van der Waals surface area (Å²) in [5.41, 5.74) is 3.97. The van der Waals surface area contributed by atoms with E-state index >= 15 is 0 Å². The fourth-order valence-corrected chi connectivity index (χ4v) is 3.45. The number of fused-ring (bicyclic) bond motifs is 3. The van der Waals surface area contributed by atoms with E-state index in [0.29, 0.717) is 0 Å². The highest BCUT2D eigenvalue weighted by Gasteiger charge is 2.25. The monoisotopic (exact) mass is 343 g/mol. The second-order valence-corrected chi connectivity index (χ2v) is 6.05. The largest absolute Gasteiger partial charge is 0.352 e.